The van der Waals surface area contributed by atoms with E-state index in [0.717, 1.165) is 17.7 Å². The molecule has 1 aliphatic rings. The Labute approximate surface area is 137 Å². The summed E-state index contributed by atoms with van der Waals surface area (Å²) in [5, 5.41) is 7.53. The van der Waals surface area contributed by atoms with Crippen LogP contribution in [0, 0.1) is 5.92 Å². The molecule has 0 aromatic carbocycles. The van der Waals surface area contributed by atoms with E-state index in [1.54, 1.807) is 23.5 Å². The van der Waals surface area contributed by atoms with E-state index in [0.29, 0.717) is 18.1 Å². The largest absolute Gasteiger partial charge is 0.468 e. The smallest absolute Gasteiger partial charge is 0.258 e. The Kier molecular flexibility index (Phi) is 4.87. The predicted octanol–water partition coefficient (Wildman–Crippen LogP) is 2.19. The van der Waals surface area contributed by atoms with Gasteiger partial charge in [0, 0.05) is 16.9 Å². The molecule has 0 saturated heterocycles. The Bertz CT molecular complexity index is 666. The molecule has 2 aromatic rings. The summed E-state index contributed by atoms with van der Waals surface area (Å²) >= 11 is 1.59. The van der Waals surface area contributed by atoms with Crippen LogP contribution in [0.25, 0.3) is 0 Å². The minimum absolute atomic E-state index is 0.0356. The van der Waals surface area contributed by atoms with Gasteiger partial charge in [-0.2, -0.15) is 0 Å². The Balaban J connectivity index is 1.40. The topological polar surface area (TPSA) is 80.3 Å². The van der Waals surface area contributed by atoms with Crippen molar-refractivity contribution in [2.45, 2.75) is 19.4 Å². The van der Waals surface area contributed by atoms with E-state index in [2.05, 4.69) is 15.6 Å². The van der Waals surface area contributed by atoms with Crippen molar-refractivity contribution in [3.8, 4) is 5.88 Å². The molecule has 0 bridgehead atoms. The number of anilines is 1. The summed E-state index contributed by atoms with van der Waals surface area (Å²) < 4.78 is 5.33. The molecule has 2 aromatic heterocycles. The molecule has 7 heteroatoms. The maximum atomic E-state index is 11.7. The first kappa shape index (κ1) is 15.5. The Hall–Kier alpha value is -2.41. The molecule has 120 valence electrons. The second kappa shape index (κ2) is 7.23. The van der Waals surface area contributed by atoms with Crippen LogP contribution in [0.3, 0.4) is 0 Å². The van der Waals surface area contributed by atoms with Crippen molar-refractivity contribution in [3.63, 3.8) is 0 Å². The van der Waals surface area contributed by atoms with Gasteiger partial charge in [-0.25, -0.2) is 4.98 Å². The van der Waals surface area contributed by atoms with E-state index >= 15 is 0 Å². The zero-order chi connectivity index (χ0) is 16.1. The highest BCUT2D eigenvalue weighted by Gasteiger charge is 2.29. The summed E-state index contributed by atoms with van der Waals surface area (Å²) in [7, 11) is 0. The van der Waals surface area contributed by atoms with E-state index < -0.39 is 0 Å². The van der Waals surface area contributed by atoms with Gasteiger partial charge in [0.2, 0.25) is 11.8 Å². The lowest BCUT2D eigenvalue weighted by Crippen LogP contribution is -2.28. The van der Waals surface area contributed by atoms with Crippen molar-refractivity contribution < 1.29 is 14.3 Å². The Morgan fingerprint density at radius 2 is 2.17 bits per heavy atom. The van der Waals surface area contributed by atoms with Crippen LogP contribution >= 0.6 is 11.3 Å². The molecule has 0 aliphatic heterocycles. The molecule has 2 amide bonds. The van der Waals surface area contributed by atoms with E-state index in [-0.39, 0.29) is 24.3 Å². The van der Waals surface area contributed by atoms with Crippen LogP contribution in [-0.4, -0.2) is 23.4 Å². The van der Waals surface area contributed by atoms with E-state index in [1.165, 1.54) is 6.20 Å². The van der Waals surface area contributed by atoms with Crippen LogP contribution < -0.4 is 15.4 Å². The SMILES string of the molecule is O=C(COc1ccc(NC(=O)C2CC2)cn1)NCc1cccs1. The van der Waals surface area contributed by atoms with Crippen molar-refractivity contribution >= 4 is 28.8 Å². The third kappa shape index (κ3) is 4.79. The number of rotatable bonds is 7. The maximum absolute atomic E-state index is 11.7. The monoisotopic (exact) mass is 331 g/mol. The molecular weight excluding hydrogens is 314 g/mol. The fourth-order valence-electron chi connectivity index (χ4n) is 1.92. The third-order valence-corrected chi connectivity index (χ3v) is 4.22. The highest BCUT2D eigenvalue weighted by Crippen LogP contribution is 2.30. The number of nitrogens with zero attached hydrogens (tertiary/aromatic N) is 1. The van der Waals surface area contributed by atoms with Crippen LogP contribution in [0.5, 0.6) is 5.88 Å². The lowest BCUT2D eigenvalue weighted by atomic mass is 10.3. The molecule has 3 rings (SSSR count). The number of carbonyl (C=O) groups is 2. The summed E-state index contributed by atoms with van der Waals surface area (Å²) in [6.07, 6.45) is 3.45. The predicted molar refractivity (Wildman–Crippen MR) is 87.3 cm³/mol. The maximum Gasteiger partial charge on any atom is 0.258 e. The van der Waals surface area contributed by atoms with Gasteiger partial charge in [0.15, 0.2) is 6.61 Å². The fourth-order valence-corrected chi connectivity index (χ4v) is 2.56. The molecule has 0 spiro atoms. The van der Waals surface area contributed by atoms with E-state index in [4.69, 9.17) is 4.74 Å². The van der Waals surface area contributed by atoms with Crippen LogP contribution in [0.2, 0.25) is 0 Å². The molecule has 2 N–H and O–H groups in total. The van der Waals surface area contributed by atoms with Gasteiger partial charge >= 0.3 is 0 Å². The first-order chi connectivity index (χ1) is 11.2. The number of thiophene rings is 1. The van der Waals surface area contributed by atoms with Crippen LogP contribution in [0.1, 0.15) is 17.7 Å². The van der Waals surface area contributed by atoms with Gasteiger partial charge in [-0.1, -0.05) is 6.07 Å². The van der Waals surface area contributed by atoms with Crippen molar-refractivity contribution in [2.24, 2.45) is 5.92 Å². The summed E-state index contributed by atoms with van der Waals surface area (Å²) in [5.41, 5.74) is 0.636. The molecular formula is C16H17N3O3S. The summed E-state index contributed by atoms with van der Waals surface area (Å²) in [5.74, 6) is 0.332. The van der Waals surface area contributed by atoms with Gasteiger partial charge in [0.25, 0.3) is 5.91 Å². The summed E-state index contributed by atoms with van der Waals surface area (Å²) in [6.45, 7) is 0.408. The number of carbonyl (C=O) groups excluding carboxylic acids is 2. The molecule has 2 heterocycles. The second-order valence-corrected chi connectivity index (χ2v) is 6.33. The zero-order valence-electron chi connectivity index (χ0n) is 12.5. The fraction of sp³-hybridized carbons (Fsp3) is 0.312. The number of aromatic nitrogens is 1. The molecule has 23 heavy (non-hydrogen) atoms. The number of hydrogen-bond acceptors (Lipinski definition) is 5. The number of ether oxygens (including phenoxy) is 1. The lowest BCUT2D eigenvalue weighted by molar-refractivity contribution is -0.123. The molecule has 1 saturated carbocycles. The zero-order valence-corrected chi connectivity index (χ0v) is 13.3. The number of amides is 2. The standard InChI is InChI=1S/C16H17N3O3S/c20-14(17-9-13-2-1-7-23-13)10-22-15-6-5-12(8-18-15)19-16(21)11-3-4-11/h1-2,5-8,11H,3-4,9-10H2,(H,17,20)(H,19,21). The minimum atomic E-state index is -0.202. The average molecular weight is 331 g/mol. The van der Waals surface area contributed by atoms with Crippen molar-refractivity contribution in [3.05, 3.63) is 40.7 Å². The minimum Gasteiger partial charge on any atom is -0.468 e. The molecule has 1 fully saturated rings. The third-order valence-electron chi connectivity index (χ3n) is 3.34. The number of nitrogens with one attached hydrogen (secondary N) is 2. The van der Waals surface area contributed by atoms with Crippen molar-refractivity contribution in [1.82, 2.24) is 10.3 Å². The first-order valence-electron chi connectivity index (χ1n) is 7.39. The van der Waals surface area contributed by atoms with Gasteiger partial charge in [-0.3, -0.25) is 9.59 Å². The normalized spacial score (nSPS) is 13.4. The molecule has 6 nitrogen and oxygen atoms in total. The van der Waals surface area contributed by atoms with Gasteiger partial charge in [0.05, 0.1) is 18.4 Å². The average Bonchev–Trinajstić information content (AvgIpc) is 3.29. The molecule has 0 radical (unpaired) electrons. The Morgan fingerprint density at radius 1 is 1.30 bits per heavy atom. The van der Waals surface area contributed by atoms with Gasteiger partial charge in [-0.05, 0) is 30.4 Å². The van der Waals surface area contributed by atoms with Gasteiger partial charge < -0.3 is 15.4 Å². The second-order valence-electron chi connectivity index (χ2n) is 5.29. The lowest BCUT2D eigenvalue weighted by Gasteiger charge is -2.07. The molecule has 0 atom stereocenters. The van der Waals surface area contributed by atoms with Crippen molar-refractivity contribution in [1.29, 1.82) is 0 Å². The highest BCUT2D eigenvalue weighted by molar-refractivity contribution is 7.09. The highest BCUT2D eigenvalue weighted by atomic mass is 32.1. The molecule has 1 aliphatic carbocycles. The van der Waals surface area contributed by atoms with Crippen LogP contribution in [-0.2, 0) is 16.1 Å². The van der Waals surface area contributed by atoms with Gasteiger partial charge in [-0.15, -0.1) is 11.3 Å². The van der Waals surface area contributed by atoms with Gasteiger partial charge in [0.1, 0.15) is 0 Å². The quantitative estimate of drug-likeness (QED) is 0.815. The van der Waals surface area contributed by atoms with Crippen LogP contribution in [0.4, 0.5) is 5.69 Å². The first-order valence-corrected chi connectivity index (χ1v) is 8.27. The van der Waals surface area contributed by atoms with Crippen molar-refractivity contribution in [2.75, 3.05) is 11.9 Å². The van der Waals surface area contributed by atoms with E-state index in [1.807, 2.05) is 17.5 Å². The Morgan fingerprint density at radius 3 is 2.83 bits per heavy atom. The molecule has 0 unspecified atom stereocenters. The van der Waals surface area contributed by atoms with Crippen LogP contribution in [0.15, 0.2) is 35.8 Å². The summed E-state index contributed by atoms with van der Waals surface area (Å²) in [4.78, 5) is 28.5. The summed E-state index contributed by atoms with van der Waals surface area (Å²) in [6, 6.07) is 7.25. The van der Waals surface area contributed by atoms with E-state index in [9.17, 15) is 9.59 Å². The number of pyridine rings is 1. The number of hydrogen-bond donors (Lipinski definition) is 2.